The third-order valence-electron chi connectivity index (χ3n) is 2.58. The van der Waals surface area contributed by atoms with Gasteiger partial charge < -0.3 is 10.1 Å². The second-order valence-electron chi connectivity index (χ2n) is 4.15. The van der Waals surface area contributed by atoms with Crippen LogP contribution in [0.4, 0.5) is 0 Å². The summed E-state index contributed by atoms with van der Waals surface area (Å²) in [5, 5.41) is 3.43. The fourth-order valence-corrected chi connectivity index (χ4v) is 1.21. The molecule has 0 bridgehead atoms. The minimum Gasteiger partial charge on any atom is -0.492 e. The first kappa shape index (κ1) is 12.1. The summed E-state index contributed by atoms with van der Waals surface area (Å²) in [5.74, 6) is 1.61. The summed E-state index contributed by atoms with van der Waals surface area (Å²) in [6.45, 7) is 8.26. The Morgan fingerprint density at radius 2 is 1.80 bits per heavy atom. The summed E-state index contributed by atoms with van der Waals surface area (Å²) >= 11 is 0. The van der Waals surface area contributed by atoms with Crippen LogP contribution in [0.25, 0.3) is 0 Å². The molecule has 0 aliphatic heterocycles. The largest absolute Gasteiger partial charge is 0.492 e. The molecule has 2 heteroatoms. The van der Waals surface area contributed by atoms with E-state index in [1.807, 2.05) is 30.3 Å². The van der Waals surface area contributed by atoms with Crippen molar-refractivity contribution < 1.29 is 4.74 Å². The second kappa shape index (κ2) is 6.46. The lowest BCUT2D eigenvalue weighted by molar-refractivity contribution is 0.297. The summed E-state index contributed by atoms with van der Waals surface area (Å²) in [7, 11) is 0. The number of ether oxygens (including phenoxy) is 1. The molecule has 0 aliphatic carbocycles. The molecule has 0 saturated carbocycles. The fourth-order valence-electron chi connectivity index (χ4n) is 1.21. The molecule has 15 heavy (non-hydrogen) atoms. The van der Waals surface area contributed by atoms with E-state index in [-0.39, 0.29) is 0 Å². The first-order valence-corrected chi connectivity index (χ1v) is 5.61. The van der Waals surface area contributed by atoms with Crippen molar-refractivity contribution in [2.75, 3.05) is 13.2 Å². The third-order valence-corrected chi connectivity index (χ3v) is 2.58. The molecule has 1 aromatic rings. The van der Waals surface area contributed by atoms with Crippen molar-refractivity contribution in [1.82, 2.24) is 5.32 Å². The minimum atomic E-state index is 0.546. The average Bonchev–Trinajstić information content (AvgIpc) is 2.25. The molecule has 0 fully saturated rings. The van der Waals surface area contributed by atoms with Crippen molar-refractivity contribution in [1.29, 1.82) is 0 Å². The van der Waals surface area contributed by atoms with Gasteiger partial charge in [-0.3, -0.25) is 0 Å². The van der Waals surface area contributed by atoms with E-state index in [0.717, 1.165) is 18.9 Å². The van der Waals surface area contributed by atoms with Crippen LogP contribution in [0.5, 0.6) is 5.75 Å². The van der Waals surface area contributed by atoms with Gasteiger partial charge in [0.15, 0.2) is 0 Å². The Labute approximate surface area is 92.6 Å². The first-order valence-electron chi connectivity index (χ1n) is 5.61. The number of rotatable bonds is 6. The van der Waals surface area contributed by atoms with E-state index in [1.165, 1.54) is 0 Å². The van der Waals surface area contributed by atoms with Crippen LogP contribution in [0.2, 0.25) is 0 Å². The van der Waals surface area contributed by atoms with Crippen LogP contribution in [0.3, 0.4) is 0 Å². The molecule has 1 N–H and O–H groups in total. The molecule has 1 rings (SSSR count). The van der Waals surface area contributed by atoms with Crippen molar-refractivity contribution in [3.63, 3.8) is 0 Å². The topological polar surface area (TPSA) is 21.3 Å². The molecule has 0 aromatic heterocycles. The van der Waals surface area contributed by atoms with E-state index in [9.17, 15) is 0 Å². The molecule has 84 valence electrons. The van der Waals surface area contributed by atoms with Crippen LogP contribution in [-0.4, -0.2) is 19.2 Å². The highest BCUT2D eigenvalue weighted by atomic mass is 16.5. The van der Waals surface area contributed by atoms with Gasteiger partial charge in [-0.15, -0.1) is 0 Å². The maximum Gasteiger partial charge on any atom is 0.119 e. The summed E-state index contributed by atoms with van der Waals surface area (Å²) in [4.78, 5) is 0. The lowest BCUT2D eigenvalue weighted by atomic mass is 10.1. The summed E-state index contributed by atoms with van der Waals surface area (Å²) in [6.07, 6.45) is 0. The molecular weight excluding hydrogens is 186 g/mol. The van der Waals surface area contributed by atoms with Crippen molar-refractivity contribution in [2.24, 2.45) is 5.92 Å². The normalized spacial score (nSPS) is 12.8. The predicted molar refractivity (Wildman–Crippen MR) is 64.2 cm³/mol. The summed E-state index contributed by atoms with van der Waals surface area (Å²) in [6, 6.07) is 10.5. The van der Waals surface area contributed by atoms with Crippen LogP contribution < -0.4 is 10.1 Å². The Hall–Kier alpha value is -1.02. The van der Waals surface area contributed by atoms with Gasteiger partial charge in [0.1, 0.15) is 12.4 Å². The third kappa shape index (κ3) is 4.84. The van der Waals surface area contributed by atoms with Gasteiger partial charge in [0.2, 0.25) is 0 Å². The molecular formula is C13H21NO. The lowest BCUT2D eigenvalue weighted by Crippen LogP contribution is -2.33. The van der Waals surface area contributed by atoms with Gasteiger partial charge in [0, 0.05) is 12.6 Å². The summed E-state index contributed by atoms with van der Waals surface area (Å²) < 4.78 is 5.57. The monoisotopic (exact) mass is 207 g/mol. The molecule has 1 unspecified atom stereocenters. The quantitative estimate of drug-likeness (QED) is 0.724. The van der Waals surface area contributed by atoms with Gasteiger partial charge in [-0.1, -0.05) is 32.0 Å². The summed E-state index contributed by atoms with van der Waals surface area (Å²) in [5.41, 5.74) is 0. The predicted octanol–water partition coefficient (Wildman–Crippen LogP) is 2.70. The average molecular weight is 207 g/mol. The second-order valence-corrected chi connectivity index (χ2v) is 4.15. The molecule has 0 spiro atoms. The smallest absolute Gasteiger partial charge is 0.119 e. The highest BCUT2D eigenvalue weighted by molar-refractivity contribution is 5.20. The van der Waals surface area contributed by atoms with Crippen LogP contribution in [0.15, 0.2) is 30.3 Å². The van der Waals surface area contributed by atoms with Gasteiger partial charge in [-0.05, 0) is 25.0 Å². The van der Waals surface area contributed by atoms with Crippen molar-refractivity contribution in [2.45, 2.75) is 26.8 Å². The zero-order chi connectivity index (χ0) is 11.1. The highest BCUT2D eigenvalue weighted by Crippen LogP contribution is 2.07. The number of nitrogens with one attached hydrogen (secondary N) is 1. The zero-order valence-electron chi connectivity index (χ0n) is 9.86. The Morgan fingerprint density at radius 1 is 1.13 bits per heavy atom. The molecule has 0 amide bonds. The Kier molecular flexibility index (Phi) is 5.19. The maximum atomic E-state index is 5.57. The molecule has 2 nitrogen and oxygen atoms in total. The molecule has 1 aromatic carbocycles. The van der Waals surface area contributed by atoms with Crippen molar-refractivity contribution in [3.05, 3.63) is 30.3 Å². The zero-order valence-corrected chi connectivity index (χ0v) is 9.86. The van der Waals surface area contributed by atoms with Gasteiger partial charge in [0.25, 0.3) is 0 Å². The van der Waals surface area contributed by atoms with E-state index in [0.29, 0.717) is 12.0 Å². The molecule has 0 saturated heterocycles. The van der Waals surface area contributed by atoms with Gasteiger partial charge >= 0.3 is 0 Å². The number of hydrogen-bond acceptors (Lipinski definition) is 2. The molecule has 0 heterocycles. The Morgan fingerprint density at radius 3 is 2.40 bits per heavy atom. The Bertz CT molecular complexity index is 258. The van der Waals surface area contributed by atoms with Crippen molar-refractivity contribution >= 4 is 0 Å². The Balaban J connectivity index is 2.12. The van der Waals surface area contributed by atoms with Crippen molar-refractivity contribution in [3.8, 4) is 5.75 Å². The van der Waals surface area contributed by atoms with Gasteiger partial charge in [-0.25, -0.2) is 0 Å². The van der Waals surface area contributed by atoms with E-state index in [4.69, 9.17) is 4.74 Å². The van der Waals surface area contributed by atoms with Crippen LogP contribution in [-0.2, 0) is 0 Å². The number of hydrogen-bond donors (Lipinski definition) is 1. The molecule has 0 radical (unpaired) electrons. The maximum absolute atomic E-state index is 5.57. The van der Waals surface area contributed by atoms with E-state index in [1.54, 1.807) is 0 Å². The van der Waals surface area contributed by atoms with Crippen LogP contribution in [0, 0.1) is 5.92 Å². The fraction of sp³-hybridized carbons (Fsp3) is 0.538. The molecule has 1 atom stereocenters. The van der Waals surface area contributed by atoms with Gasteiger partial charge in [0.05, 0.1) is 0 Å². The first-order chi connectivity index (χ1) is 7.20. The van der Waals surface area contributed by atoms with Crippen LogP contribution in [0.1, 0.15) is 20.8 Å². The highest BCUT2D eigenvalue weighted by Gasteiger charge is 2.04. The van der Waals surface area contributed by atoms with E-state index < -0.39 is 0 Å². The lowest BCUT2D eigenvalue weighted by Gasteiger charge is -2.17. The van der Waals surface area contributed by atoms with Crippen LogP contribution >= 0.6 is 0 Å². The van der Waals surface area contributed by atoms with E-state index >= 15 is 0 Å². The number of benzene rings is 1. The minimum absolute atomic E-state index is 0.546. The van der Waals surface area contributed by atoms with E-state index in [2.05, 4.69) is 26.1 Å². The SMILES string of the molecule is CC(C)C(C)NCCOc1ccccc1. The molecule has 0 aliphatic rings. The number of para-hydroxylation sites is 1. The standard InChI is InChI=1S/C13H21NO/c1-11(2)12(3)14-9-10-15-13-7-5-4-6-8-13/h4-8,11-12,14H,9-10H2,1-3H3. The van der Waals surface area contributed by atoms with Gasteiger partial charge in [-0.2, -0.15) is 0 Å².